The highest BCUT2D eigenvalue weighted by molar-refractivity contribution is 5.93. The van der Waals surface area contributed by atoms with Gasteiger partial charge in [0.2, 0.25) is 0 Å². The van der Waals surface area contributed by atoms with Gasteiger partial charge in [-0.15, -0.1) is 13.2 Å². The van der Waals surface area contributed by atoms with Crippen molar-refractivity contribution in [2.45, 2.75) is 19.7 Å². The third kappa shape index (κ3) is 4.94. The summed E-state index contributed by atoms with van der Waals surface area (Å²) in [5, 5.41) is 2.40. The van der Waals surface area contributed by atoms with Gasteiger partial charge in [-0.25, -0.2) is 0 Å². The van der Waals surface area contributed by atoms with Crippen LogP contribution in [0.3, 0.4) is 0 Å². The van der Waals surface area contributed by atoms with Crippen molar-refractivity contribution >= 4 is 17.6 Å². The Labute approximate surface area is 124 Å². The standard InChI is InChI=1S/C14H14F3NO4/c1-8-6-11(8)13(20)21-7-12(19)18-9-2-4-10(5-3-9)22-14(15,16)17/h2-5,8,11H,6-7H2,1H3,(H,18,19)/t8-,11-/m0/s1. The Bertz CT molecular complexity index is 556. The van der Waals surface area contributed by atoms with Gasteiger partial charge in [-0.05, 0) is 36.6 Å². The van der Waals surface area contributed by atoms with E-state index in [1.54, 1.807) is 0 Å². The van der Waals surface area contributed by atoms with Crippen LogP contribution < -0.4 is 10.1 Å². The molecule has 0 radical (unpaired) electrons. The van der Waals surface area contributed by atoms with E-state index in [9.17, 15) is 22.8 Å². The predicted octanol–water partition coefficient (Wildman–Crippen LogP) is 2.72. The van der Waals surface area contributed by atoms with Crippen LogP contribution in [0.1, 0.15) is 13.3 Å². The first-order chi connectivity index (χ1) is 10.2. The number of ether oxygens (including phenoxy) is 2. The summed E-state index contributed by atoms with van der Waals surface area (Å²) in [6.07, 6.45) is -4.00. The number of hydrogen-bond donors (Lipinski definition) is 1. The molecule has 0 saturated heterocycles. The molecule has 120 valence electrons. The first kappa shape index (κ1) is 16.1. The van der Waals surface area contributed by atoms with Crippen LogP contribution in [0, 0.1) is 11.8 Å². The molecule has 1 aliphatic rings. The zero-order valence-corrected chi connectivity index (χ0v) is 11.6. The van der Waals surface area contributed by atoms with Crippen molar-refractivity contribution in [1.29, 1.82) is 0 Å². The second kappa shape index (κ2) is 6.25. The summed E-state index contributed by atoms with van der Waals surface area (Å²) in [6.45, 7) is 1.49. The fraction of sp³-hybridized carbons (Fsp3) is 0.429. The molecule has 8 heteroatoms. The van der Waals surface area contributed by atoms with Crippen LogP contribution >= 0.6 is 0 Å². The van der Waals surface area contributed by atoms with Crippen LogP contribution in [0.5, 0.6) is 5.75 Å². The van der Waals surface area contributed by atoms with Crippen LogP contribution in [0.2, 0.25) is 0 Å². The molecule has 22 heavy (non-hydrogen) atoms. The molecule has 1 amide bonds. The summed E-state index contributed by atoms with van der Waals surface area (Å²) >= 11 is 0. The SMILES string of the molecule is C[C@H]1C[C@@H]1C(=O)OCC(=O)Nc1ccc(OC(F)(F)F)cc1. The molecule has 1 N–H and O–H groups in total. The van der Waals surface area contributed by atoms with Crippen LogP contribution in [-0.4, -0.2) is 24.8 Å². The highest BCUT2D eigenvalue weighted by Gasteiger charge is 2.40. The van der Waals surface area contributed by atoms with Crippen molar-refractivity contribution in [2.24, 2.45) is 11.8 Å². The largest absolute Gasteiger partial charge is 0.573 e. The van der Waals surface area contributed by atoms with Crippen molar-refractivity contribution in [1.82, 2.24) is 0 Å². The molecule has 0 bridgehead atoms. The highest BCUT2D eigenvalue weighted by Crippen LogP contribution is 2.38. The maximum absolute atomic E-state index is 12.0. The molecule has 1 saturated carbocycles. The minimum absolute atomic E-state index is 0.133. The Hall–Kier alpha value is -2.25. The van der Waals surface area contributed by atoms with E-state index in [0.717, 1.165) is 18.6 Å². The summed E-state index contributed by atoms with van der Waals surface area (Å²) in [5.41, 5.74) is 0.273. The van der Waals surface area contributed by atoms with E-state index in [1.807, 2.05) is 6.92 Å². The molecule has 0 unspecified atom stereocenters. The third-order valence-corrected chi connectivity index (χ3v) is 3.13. The Morgan fingerprint density at radius 2 is 1.86 bits per heavy atom. The fourth-order valence-electron chi connectivity index (χ4n) is 1.83. The lowest BCUT2D eigenvalue weighted by Crippen LogP contribution is -2.21. The van der Waals surface area contributed by atoms with Crippen LogP contribution in [0.4, 0.5) is 18.9 Å². The Balaban J connectivity index is 1.77. The molecule has 1 fully saturated rings. The second-order valence-electron chi connectivity index (χ2n) is 5.05. The molecule has 5 nitrogen and oxygen atoms in total. The number of nitrogens with one attached hydrogen (secondary N) is 1. The van der Waals surface area contributed by atoms with E-state index in [2.05, 4.69) is 10.1 Å². The van der Waals surface area contributed by atoms with Gasteiger partial charge >= 0.3 is 12.3 Å². The average molecular weight is 317 g/mol. The quantitative estimate of drug-likeness (QED) is 0.848. The molecule has 0 aromatic heterocycles. The minimum Gasteiger partial charge on any atom is -0.455 e. The first-order valence-electron chi connectivity index (χ1n) is 6.57. The smallest absolute Gasteiger partial charge is 0.455 e. The number of hydrogen-bond acceptors (Lipinski definition) is 4. The zero-order chi connectivity index (χ0) is 16.3. The summed E-state index contributed by atoms with van der Waals surface area (Å²) in [7, 11) is 0. The number of rotatable bonds is 5. The number of halogens is 3. The summed E-state index contributed by atoms with van der Waals surface area (Å²) in [6, 6.07) is 4.65. The average Bonchev–Trinajstić information content (AvgIpc) is 3.14. The fourth-order valence-corrected chi connectivity index (χ4v) is 1.83. The predicted molar refractivity (Wildman–Crippen MR) is 70.0 cm³/mol. The summed E-state index contributed by atoms with van der Waals surface area (Å²) in [5.74, 6) is -1.20. The first-order valence-corrected chi connectivity index (χ1v) is 6.57. The molecule has 0 aliphatic heterocycles. The van der Waals surface area contributed by atoms with Crippen molar-refractivity contribution in [3.8, 4) is 5.75 Å². The maximum atomic E-state index is 12.0. The van der Waals surface area contributed by atoms with E-state index in [1.165, 1.54) is 12.1 Å². The number of carbonyl (C=O) groups is 2. The Kier molecular flexibility index (Phi) is 4.58. The van der Waals surface area contributed by atoms with Crippen LogP contribution in [0.25, 0.3) is 0 Å². The summed E-state index contributed by atoms with van der Waals surface area (Å²) in [4.78, 5) is 23.0. The molecule has 2 atom stereocenters. The number of benzene rings is 1. The Morgan fingerprint density at radius 1 is 1.27 bits per heavy atom. The molecular weight excluding hydrogens is 303 g/mol. The second-order valence-corrected chi connectivity index (χ2v) is 5.05. The number of anilines is 1. The van der Waals surface area contributed by atoms with Crippen LogP contribution in [0.15, 0.2) is 24.3 Å². The van der Waals surface area contributed by atoms with Crippen LogP contribution in [-0.2, 0) is 14.3 Å². The molecule has 1 aromatic carbocycles. The number of alkyl halides is 3. The van der Waals surface area contributed by atoms with Gasteiger partial charge in [0.05, 0.1) is 5.92 Å². The van der Waals surface area contributed by atoms with Crippen molar-refractivity contribution < 1.29 is 32.2 Å². The van der Waals surface area contributed by atoms with E-state index in [4.69, 9.17) is 4.74 Å². The molecule has 1 aromatic rings. The summed E-state index contributed by atoms with van der Waals surface area (Å²) < 4.78 is 44.5. The molecule has 0 spiro atoms. The highest BCUT2D eigenvalue weighted by atomic mass is 19.4. The lowest BCUT2D eigenvalue weighted by atomic mass is 10.3. The van der Waals surface area contributed by atoms with E-state index in [0.29, 0.717) is 0 Å². The molecule has 2 rings (SSSR count). The van der Waals surface area contributed by atoms with Gasteiger partial charge in [0.15, 0.2) is 6.61 Å². The molecule has 1 aliphatic carbocycles. The lowest BCUT2D eigenvalue weighted by molar-refractivity contribution is -0.274. The minimum atomic E-state index is -4.76. The van der Waals surface area contributed by atoms with Gasteiger partial charge in [0, 0.05) is 5.69 Å². The van der Waals surface area contributed by atoms with E-state index in [-0.39, 0.29) is 23.3 Å². The third-order valence-electron chi connectivity index (χ3n) is 3.13. The lowest BCUT2D eigenvalue weighted by Gasteiger charge is -2.10. The normalized spacial score (nSPS) is 20.2. The van der Waals surface area contributed by atoms with E-state index >= 15 is 0 Å². The zero-order valence-electron chi connectivity index (χ0n) is 11.6. The van der Waals surface area contributed by atoms with Gasteiger partial charge < -0.3 is 14.8 Å². The van der Waals surface area contributed by atoms with Crippen molar-refractivity contribution in [2.75, 3.05) is 11.9 Å². The Morgan fingerprint density at radius 3 is 2.36 bits per heavy atom. The van der Waals surface area contributed by atoms with Gasteiger partial charge in [0.1, 0.15) is 5.75 Å². The van der Waals surface area contributed by atoms with Gasteiger partial charge in [0.25, 0.3) is 5.91 Å². The van der Waals surface area contributed by atoms with Gasteiger partial charge in [-0.1, -0.05) is 6.92 Å². The topological polar surface area (TPSA) is 64.6 Å². The van der Waals surface area contributed by atoms with Gasteiger partial charge in [-0.3, -0.25) is 9.59 Å². The maximum Gasteiger partial charge on any atom is 0.573 e. The molecular formula is C14H14F3NO4. The van der Waals surface area contributed by atoms with Crippen molar-refractivity contribution in [3.63, 3.8) is 0 Å². The van der Waals surface area contributed by atoms with Gasteiger partial charge in [-0.2, -0.15) is 0 Å². The number of amides is 1. The molecule has 0 heterocycles. The van der Waals surface area contributed by atoms with E-state index < -0.39 is 24.8 Å². The van der Waals surface area contributed by atoms with Crippen molar-refractivity contribution in [3.05, 3.63) is 24.3 Å². The number of esters is 1. The monoisotopic (exact) mass is 317 g/mol. The number of carbonyl (C=O) groups excluding carboxylic acids is 2.